The molecule has 0 saturated heterocycles. The monoisotopic (exact) mass is 691 g/mol. The Morgan fingerprint density at radius 3 is 1.44 bits per heavy atom. The summed E-state index contributed by atoms with van der Waals surface area (Å²) in [4.78, 5) is 24.8. The van der Waals surface area contributed by atoms with Crippen molar-refractivity contribution in [2.24, 2.45) is 0 Å². The molecule has 0 saturated carbocycles. The van der Waals surface area contributed by atoms with Gasteiger partial charge in [0.25, 0.3) is 0 Å². The molecule has 0 aromatic rings. The minimum atomic E-state index is -0.604. The first-order valence-corrected chi connectivity index (χ1v) is 19.4. The van der Waals surface area contributed by atoms with Gasteiger partial charge in [-0.1, -0.05) is 156 Å². The fourth-order valence-corrected chi connectivity index (χ4v) is 4.52. The molecule has 50 heavy (non-hydrogen) atoms. The smallest absolute Gasteiger partial charge is 0.309 e. The molecule has 0 aliphatic carbocycles. The van der Waals surface area contributed by atoms with E-state index < -0.39 is 6.10 Å². The lowest BCUT2D eigenvalue weighted by atomic mass is 10.1. The molecule has 0 N–H and O–H groups in total. The van der Waals surface area contributed by atoms with Crippen LogP contribution in [0.3, 0.4) is 0 Å². The van der Waals surface area contributed by atoms with E-state index in [0.29, 0.717) is 13.0 Å². The van der Waals surface area contributed by atoms with Crippen LogP contribution in [-0.2, 0) is 23.8 Å². The predicted octanol–water partition coefficient (Wildman–Crippen LogP) is 12.5. The van der Waals surface area contributed by atoms with E-state index in [9.17, 15) is 9.59 Å². The third-order valence-corrected chi connectivity index (χ3v) is 7.34. The van der Waals surface area contributed by atoms with Crippen molar-refractivity contribution in [2.75, 3.05) is 19.8 Å². The quantitative estimate of drug-likeness (QED) is 0.0390. The summed E-state index contributed by atoms with van der Waals surface area (Å²) in [6.45, 7) is 7.23. The molecular formula is C45H70O5. The van der Waals surface area contributed by atoms with Crippen molar-refractivity contribution in [1.29, 1.82) is 0 Å². The Kier molecular flexibility index (Phi) is 37.2. The number of allylic oxidation sites excluding steroid dienone is 17. The van der Waals surface area contributed by atoms with Crippen molar-refractivity contribution in [3.63, 3.8) is 0 Å². The Balaban J connectivity index is 4.38. The molecule has 1 unspecified atom stereocenters. The topological polar surface area (TPSA) is 61.8 Å². The number of esters is 2. The van der Waals surface area contributed by atoms with Gasteiger partial charge in [0.15, 0.2) is 6.10 Å². The highest BCUT2D eigenvalue weighted by atomic mass is 16.6. The highest BCUT2D eigenvalue weighted by Gasteiger charge is 2.17. The number of carbonyl (C=O) groups is 2. The van der Waals surface area contributed by atoms with Crippen LogP contribution in [0.15, 0.2) is 109 Å². The Labute approximate surface area is 306 Å². The number of rotatable bonds is 33. The molecule has 0 fully saturated rings. The summed E-state index contributed by atoms with van der Waals surface area (Å²) in [5.74, 6) is -0.602. The van der Waals surface area contributed by atoms with Crippen LogP contribution in [0.2, 0.25) is 0 Å². The molecule has 0 aliphatic heterocycles. The zero-order chi connectivity index (χ0) is 36.4. The summed E-state index contributed by atoms with van der Waals surface area (Å²) in [6.07, 6.45) is 54.3. The molecule has 0 heterocycles. The van der Waals surface area contributed by atoms with Gasteiger partial charge in [0, 0.05) is 13.0 Å². The van der Waals surface area contributed by atoms with Gasteiger partial charge in [-0.2, -0.15) is 0 Å². The Morgan fingerprint density at radius 2 is 0.940 bits per heavy atom. The Morgan fingerprint density at radius 1 is 0.480 bits per heavy atom. The SMILES string of the molecule is CC/C=C\C/C=C\C/C=C\C/C=C\C/C=C\CC(=O)OCC(COCCC/C=C\C/C=C\C/C=C\C/C=C\CC)OC(=O)CCCCCCC. The van der Waals surface area contributed by atoms with E-state index in [0.717, 1.165) is 96.3 Å². The second kappa shape index (κ2) is 40.0. The maximum Gasteiger partial charge on any atom is 0.309 e. The van der Waals surface area contributed by atoms with Crippen molar-refractivity contribution in [2.45, 2.75) is 142 Å². The zero-order valence-corrected chi connectivity index (χ0v) is 31.9. The van der Waals surface area contributed by atoms with Gasteiger partial charge in [0.1, 0.15) is 6.61 Å². The molecule has 0 aromatic carbocycles. The second-order valence-electron chi connectivity index (χ2n) is 12.1. The van der Waals surface area contributed by atoms with Gasteiger partial charge in [-0.05, 0) is 77.0 Å². The molecule has 0 aliphatic rings. The average Bonchev–Trinajstić information content (AvgIpc) is 3.11. The van der Waals surface area contributed by atoms with Crippen molar-refractivity contribution in [1.82, 2.24) is 0 Å². The van der Waals surface area contributed by atoms with E-state index in [1.54, 1.807) is 0 Å². The van der Waals surface area contributed by atoms with Crippen molar-refractivity contribution in [3.8, 4) is 0 Å². The standard InChI is InChI=1S/C45H70O5/c1-4-7-10-13-15-17-19-21-23-24-26-28-30-33-35-38-44(46)49-42-43(50-45(47)39-36-32-12-9-6-3)41-48-40-37-34-31-29-27-25-22-20-18-16-14-11-8-5-2/h7-8,10-11,15-18,21-23,25-26,28-29,31,33,35,43H,4-6,9,12-14,19-20,24,27,30,32,34,36-42H2,1-3H3/b10-7-,11-8-,17-15-,18-16-,23-21-,25-22-,28-26-,31-29-,35-33-. The van der Waals surface area contributed by atoms with Gasteiger partial charge in [-0.15, -0.1) is 0 Å². The van der Waals surface area contributed by atoms with Gasteiger partial charge in [0.2, 0.25) is 0 Å². The minimum Gasteiger partial charge on any atom is -0.461 e. The van der Waals surface area contributed by atoms with Gasteiger partial charge < -0.3 is 14.2 Å². The number of unbranched alkanes of at least 4 members (excludes halogenated alkanes) is 5. The van der Waals surface area contributed by atoms with Gasteiger partial charge in [-0.3, -0.25) is 9.59 Å². The lowest BCUT2D eigenvalue weighted by Crippen LogP contribution is -2.30. The lowest BCUT2D eigenvalue weighted by molar-refractivity contribution is -0.162. The van der Waals surface area contributed by atoms with Crippen LogP contribution in [-0.4, -0.2) is 37.9 Å². The Hall–Kier alpha value is -3.44. The third kappa shape index (κ3) is 37.4. The Bertz CT molecular complexity index is 1050. The van der Waals surface area contributed by atoms with E-state index in [4.69, 9.17) is 14.2 Å². The molecule has 280 valence electrons. The van der Waals surface area contributed by atoms with E-state index >= 15 is 0 Å². The van der Waals surface area contributed by atoms with Crippen molar-refractivity contribution < 1.29 is 23.8 Å². The first kappa shape index (κ1) is 46.6. The van der Waals surface area contributed by atoms with E-state index in [1.165, 1.54) is 6.42 Å². The summed E-state index contributed by atoms with van der Waals surface area (Å²) in [6, 6.07) is 0. The molecule has 0 spiro atoms. The molecule has 0 bridgehead atoms. The third-order valence-electron chi connectivity index (χ3n) is 7.34. The molecule has 0 radical (unpaired) electrons. The largest absolute Gasteiger partial charge is 0.461 e. The fourth-order valence-electron chi connectivity index (χ4n) is 4.52. The zero-order valence-electron chi connectivity index (χ0n) is 31.9. The van der Waals surface area contributed by atoms with Crippen LogP contribution in [0, 0.1) is 0 Å². The molecular weight excluding hydrogens is 620 g/mol. The highest BCUT2D eigenvalue weighted by molar-refractivity contribution is 5.71. The minimum absolute atomic E-state index is 0.00197. The van der Waals surface area contributed by atoms with Gasteiger partial charge in [0.05, 0.1) is 13.0 Å². The fraction of sp³-hybridized carbons (Fsp3) is 0.556. The van der Waals surface area contributed by atoms with Crippen molar-refractivity contribution in [3.05, 3.63) is 109 Å². The first-order valence-electron chi connectivity index (χ1n) is 19.4. The maximum atomic E-state index is 12.5. The summed E-state index contributed by atoms with van der Waals surface area (Å²) < 4.78 is 16.9. The molecule has 1 atom stereocenters. The number of hydrogen-bond acceptors (Lipinski definition) is 5. The van der Waals surface area contributed by atoms with Gasteiger partial charge >= 0.3 is 11.9 Å². The van der Waals surface area contributed by atoms with E-state index in [2.05, 4.69) is 118 Å². The number of carbonyl (C=O) groups excluding carboxylic acids is 2. The van der Waals surface area contributed by atoms with E-state index in [1.807, 2.05) is 12.2 Å². The maximum absolute atomic E-state index is 12.5. The number of ether oxygens (including phenoxy) is 3. The summed E-state index contributed by atoms with van der Waals surface area (Å²) in [5.41, 5.74) is 0. The highest BCUT2D eigenvalue weighted by Crippen LogP contribution is 2.08. The number of hydrogen-bond donors (Lipinski definition) is 0. The summed E-state index contributed by atoms with van der Waals surface area (Å²) in [7, 11) is 0. The molecule has 0 amide bonds. The van der Waals surface area contributed by atoms with Crippen LogP contribution < -0.4 is 0 Å². The molecule has 0 aromatic heterocycles. The average molecular weight is 691 g/mol. The molecule has 5 heteroatoms. The molecule has 5 nitrogen and oxygen atoms in total. The van der Waals surface area contributed by atoms with Crippen LogP contribution in [0.5, 0.6) is 0 Å². The summed E-state index contributed by atoms with van der Waals surface area (Å²) >= 11 is 0. The van der Waals surface area contributed by atoms with Gasteiger partial charge in [-0.25, -0.2) is 0 Å². The van der Waals surface area contributed by atoms with Crippen molar-refractivity contribution >= 4 is 11.9 Å². The summed E-state index contributed by atoms with van der Waals surface area (Å²) in [5, 5.41) is 0. The van der Waals surface area contributed by atoms with E-state index in [-0.39, 0.29) is 31.6 Å². The van der Waals surface area contributed by atoms with Crippen LogP contribution >= 0.6 is 0 Å². The predicted molar refractivity (Wildman–Crippen MR) is 214 cm³/mol. The second-order valence-corrected chi connectivity index (χ2v) is 12.1. The van der Waals surface area contributed by atoms with Crippen LogP contribution in [0.25, 0.3) is 0 Å². The lowest BCUT2D eigenvalue weighted by Gasteiger charge is -2.18. The first-order chi connectivity index (χ1) is 24.6. The molecule has 0 rings (SSSR count). The van der Waals surface area contributed by atoms with Crippen LogP contribution in [0.1, 0.15) is 136 Å². The normalized spacial score (nSPS) is 13.4. The van der Waals surface area contributed by atoms with Crippen LogP contribution in [0.4, 0.5) is 0 Å².